The van der Waals surface area contributed by atoms with Gasteiger partial charge >= 0.3 is 6.18 Å². The number of halogens is 4. The summed E-state index contributed by atoms with van der Waals surface area (Å²) in [6.07, 6.45) is 1.62. The lowest BCUT2D eigenvalue weighted by molar-refractivity contribution is -0.137. The molecule has 3 heterocycles. The largest absolute Gasteiger partial charge is 0.416 e. The van der Waals surface area contributed by atoms with E-state index in [1.54, 1.807) is 18.3 Å². The van der Waals surface area contributed by atoms with Gasteiger partial charge in [-0.2, -0.15) is 13.2 Å². The highest BCUT2D eigenvalue weighted by atomic mass is 79.9. The zero-order valence-electron chi connectivity index (χ0n) is 19.9. The van der Waals surface area contributed by atoms with Crippen LogP contribution in [0.4, 0.5) is 24.5 Å². The zero-order valence-corrected chi connectivity index (χ0v) is 21.4. The van der Waals surface area contributed by atoms with Crippen molar-refractivity contribution in [3.05, 3.63) is 88.3 Å². The van der Waals surface area contributed by atoms with Crippen molar-refractivity contribution in [1.82, 2.24) is 14.9 Å². The molecule has 2 aromatic heterocycles. The van der Waals surface area contributed by atoms with E-state index in [4.69, 9.17) is 0 Å². The Kier molecular flexibility index (Phi) is 7.21. The average Bonchev–Trinajstić information content (AvgIpc) is 3.29. The molecule has 5 rings (SSSR count). The van der Waals surface area contributed by atoms with Gasteiger partial charge in [-0.3, -0.25) is 14.7 Å². The number of hydrogen-bond donors (Lipinski definition) is 2. The van der Waals surface area contributed by atoms with E-state index in [9.17, 15) is 18.0 Å². The van der Waals surface area contributed by atoms with Gasteiger partial charge in [-0.15, -0.1) is 0 Å². The summed E-state index contributed by atoms with van der Waals surface area (Å²) < 4.78 is 39.9. The maximum Gasteiger partial charge on any atom is 0.416 e. The Balaban J connectivity index is 1.19. The lowest BCUT2D eigenvalue weighted by Crippen LogP contribution is -2.47. The molecular formula is C27H25BrF3N5O. The minimum Gasteiger partial charge on any atom is -0.369 e. The quantitative estimate of drug-likeness (QED) is 0.299. The Bertz CT molecular complexity index is 1410. The summed E-state index contributed by atoms with van der Waals surface area (Å²) in [4.78, 5) is 24.3. The fraction of sp³-hybridized carbons (Fsp3) is 0.259. The second-order valence-electron chi connectivity index (χ2n) is 9.05. The third-order valence-electron chi connectivity index (χ3n) is 6.60. The molecule has 10 heteroatoms. The summed E-state index contributed by atoms with van der Waals surface area (Å²) in [7, 11) is 0. The number of piperazine rings is 1. The van der Waals surface area contributed by atoms with Crippen LogP contribution >= 0.6 is 15.9 Å². The number of aromatic nitrogens is 2. The van der Waals surface area contributed by atoms with Crippen molar-refractivity contribution in [1.29, 1.82) is 0 Å². The molecule has 0 radical (unpaired) electrons. The Morgan fingerprint density at radius 1 is 1.05 bits per heavy atom. The summed E-state index contributed by atoms with van der Waals surface area (Å²) in [5, 5.41) is 3.98. The molecular weight excluding hydrogens is 547 g/mol. The van der Waals surface area contributed by atoms with Gasteiger partial charge < -0.3 is 15.2 Å². The van der Waals surface area contributed by atoms with E-state index >= 15 is 0 Å². The van der Waals surface area contributed by atoms with E-state index in [0.717, 1.165) is 53.1 Å². The number of alkyl halides is 3. The molecule has 37 heavy (non-hydrogen) atoms. The zero-order chi connectivity index (χ0) is 26.0. The predicted molar refractivity (Wildman–Crippen MR) is 142 cm³/mol. The number of benzene rings is 2. The first kappa shape index (κ1) is 25.3. The molecule has 0 atom stereocenters. The highest BCUT2D eigenvalue weighted by molar-refractivity contribution is 9.10. The Labute approximate surface area is 220 Å². The standard InChI is InChI=1S/C27H25BrF3N5O/c28-21-12-19(15-32-17-21)26(37)34-22-4-5-25-24(14-22)18(16-33-25)6-7-35-8-10-36(11-9-35)23-3-1-2-20(13-23)27(29,30)31/h1-5,12-17,33H,6-11H2,(H,34,37). The maximum absolute atomic E-state index is 13.1. The van der Waals surface area contributed by atoms with Crippen molar-refractivity contribution in [2.45, 2.75) is 12.6 Å². The van der Waals surface area contributed by atoms with Crippen LogP contribution in [-0.4, -0.2) is 53.5 Å². The minimum absolute atomic E-state index is 0.233. The first-order valence-corrected chi connectivity index (χ1v) is 12.7. The molecule has 0 unspecified atom stereocenters. The van der Waals surface area contributed by atoms with E-state index in [1.807, 2.05) is 29.3 Å². The van der Waals surface area contributed by atoms with Crippen LogP contribution in [-0.2, 0) is 12.6 Å². The topological polar surface area (TPSA) is 64.3 Å². The predicted octanol–water partition coefficient (Wildman–Crippen LogP) is 5.96. The van der Waals surface area contributed by atoms with Gasteiger partial charge in [0.05, 0.1) is 11.1 Å². The average molecular weight is 572 g/mol. The molecule has 192 valence electrons. The maximum atomic E-state index is 13.1. The summed E-state index contributed by atoms with van der Waals surface area (Å²) in [6, 6.07) is 13.0. The summed E-state index contributed by atoms with van der Waals surface area (Å²) >= 11 is 3.33. The number of amides is 1. The molecule has 2 aromatic carbocycles. The second-order valence-corrected chi connectivity index (χ2v) is 9.96. The molecule has 0 bridgehead atoms. The van der Waals surface area contributed by atoms with Crippen LogP contribution in [0.3, 0.4) is 0 Å². The SMILES string of the molecule is O=C(Nc1ccc2[nH]cc(CCN3CCN(c4cccc(C(F)(F)F)c4)CC3)c2c1)c1cncc(Br)c1. The molecule has 0 saturated carbocycles. The molecule has 0 spiro atoms. The lowest BCUT2D eigenvalue weighted by Gasteiger charge is -2.36. The van der Waals surface area contributed by atoms with Crippen LogP contribution in [0.1, 0.15) is 21.5 Å². The van der Waals surface area contributed by atoms with Crippen LogP contribution in [0.5, 0.6) is 0 Å². The van der Waals surface area contributed by atoms with Crippen molar-refractivity contribution in [2.24, 2.45) is 0 Å². The van der Waals surface area contributed by atoms with Crippen molar-refractivity contribution >= 4 is 44.1 Å². The molecule has 1 fully saturated rings. The molecule has 2 N–H and O–H groups in total. The van der Waals surface area contributed by atoms with Crippen LogP contribution < -0.4 is 10.2 Å². The Morgan fingerprint density at radius 2 is 1.86 bits per heavy atom. The summed E-state index contributed by atoms with van der Waals surface area (Å²) in [5.74, 6) is -0.233. The van der Waals surface area contributed by atoms with E-state index in [1.165, 1.54) is 18.3 Å². The third-order valence-corrected chi connectivity index (χ3v) is 7.03. The molecule has 1 aliphatic rings. The molecule has 6 nitrogen and oxygen atoms in total. The number of carbonyl (C=O) groups excluding carboxylic acids is 1. The molecule has 1 aliphatic heterocycles. The normalized spacial score (nSPS) is 14.8. The van der Waals surface area contributed by atoms with Crippen LogP contribution in [0.2, 0.25) is 0 Å². The number of pyridine rings is 1. The smallest absolute Gasteiger partial charge is 0.369 e. The van der Waals surface area contributed by atoms with E-state index in [0.29, 0.717) is 30.0 Å². The van der Waals surface area contributed by atoms with Crippen LogP contribution in [0.25, 0.3) is 10.9 Å². The number of carbonyl (C=O) groups is 1. The van der Waals surface area contributed by atoms with Gasteiger partial charge in [0.25, 0.3) is 5.91 Å². The number of nitrogens with one attached hydrogen (secondary N) is 2. The lowest BCUT2D eigenvalue weighted by atomic mass is 10.1. The number of rotatable bonds is 6. The monoisotopic (exact) mass is 571 g/mol. The Hall–Kier alpha value is -3.37. The van der Waals surface area contributed by atoms with E-state index in [-0.39, 0.29) is 5.91 Å². The summed E-state index contributed by atoms with van der Waals surface area (Å²) in [6.45, 7) is 3.75. The number of fused-ring (bicyclic) bond motifs is 1. The fourth-order valence-corrected chi connectivity index (χ4v) is 4.95. The fourth-order valence-electron chi connectivity index (χ4n) is 4.59. The summed E-state index contributed by atoms with van der Waals surface area (Å²) in [5.41, 5.74) is 3.30. The number of anilines is 2. The molecule has 4 aromatic rings. The Morgan fingerprint density at radius 3 is 2.62 bits per heavy atom. The number of H-pyrrole nitrogens is 1. The number of hydrogen-bond acceptors (Lipinski definition) is 4. The number of nitrogens with zero attached hydrogens (tertiary/aromatic N) is 3. The first-order valence-electron chi connectivity index (χ1n) is 11.9. The second kappa shape index (κ2) is 10.5. The highest BCUT2D eigenvalue weighted by Crippen LogP contribution is 2.32. The third kappa shape index (κ3) is 5.97. The van der Waals surface area contributed by atoms with Crippen molar-refractivity contribution < 1.29 is 18.0 Å². The first-order chi connectivity index (χ1) is 17.8. The number of aromatic amines is 1. The van der Waals surface area contributed by atoms with Gasteiger partial charge in [-0.1, -0.05) is 6.07 Å². The van der Waals surface area contributed by atoms with Crippen molar-refractivity contribution in [3.8, 4) is 0 Å². The highest BCUT2D eigenvalue weighted by Gasteiger charge is 2.31. The molecule has 0 aliphatic carbocycles. The van der Waals surface area contributed by atoms with E-state index in [2.05, 4.69) is 36.1 Å². The van der Waals surface area contributed by atoms with E-state index < -0.39 is 11.7 Å². The van der Waals surface area contributed by atoms with Gasteiger partial charge in [-0.25, -0.2) is 0 Å². The van der Waals surface area contributed by atoms with Gasteiger partial charge in [-0.05, 0) is 70.4 Å². The van der Waals surface area contributed by atoms with Crippen molar-refractivity contribution in [2.75, 3.05) is 42.9 Å². The van der Waals surface area contributed by atoms with Gasteiger partial charge in [0.15, 0.2) is 0 Å². The minimum atomic E-state index is -4.34. The van der Waals surface area contributed by atoms with Crippen LogP contribution in [0.15, 0.2) is 71.6 Å². The van der Waals surface area contributed by atoms with Crippen molar-refractivity contribution in [3.63, 3.8) is 0 Å². The van der Waals surface area contributed by atoms with Crippen LogP contribution in [0, 0.1) is 0 Å². The van der Waals surface area contributed by atoms with Gasteiger partial charge in [0.2, 0.25) is 0 Å². The van der Waals surface area contributed by atoms with Gasteiger partial charge in [0.1, 0.15) is 0 Å². The molecule has 1 saturated heterocycles. The van der Waals surface area contributed by atoms with Gasteiger partial charge in [0, 0.05) is 78.1 Å². The molecule has 1 amide bonds.